The maximum atomic E-state index is 12.9. The van der Waals surface area contributed by atoms with Gasteiger partial charge in [0, 0.05) is 31.8 Å². The molecule has 2 N–H and O–H groups in total. The molecule has 1 saturated carbocycles. The van der Waals surface area contributed by atoms with Gasteiger partial charge in [-0.1, -0.05) is 6.92 Å². The second-order valence-corrected chi connectivity index (χ2v) is 6.19. The van der Waals surface area contributed by atoms with Gasteiger partial charge in [-0.05, 0) is 39.0 Å². The molecular formula is C15H29F3N2O. The molecule has 0 aromatic heterocycles. The van der Waals surface area contributed by atoms with Gasteiger partial charge in [0.2, 0.25) is 0 Å². The summed E-state index contributed by atoms with van der Waals surface area (Å²) < 4.78 is 43.7. The van der Waals surface area contributed by atoms with E-state index in [9.17, 15) is 13.2 Å². The molecule has 0 spiro atoms. The van der Waals surface area contributed by atoms with Crippen molar-refractivity contribution in [2.75, 3.05) is 26.8 Å². The van der Waals surface area contributed by atoms with Gasteiger partial charge in [0.05, 0.1) is 12.5 Å². The lowest BCUT2D eigenvalue weighted by molar-refractivity contribution is -0.189. The van der Waals surface area contributed by atoms with Crippen molar-refractivity contribution in [1.82, 2.24) is 4.90 Å². The van der Waals surface area contributed by atoms with E-state index in [1.807, 2.05) is 0 Å². The van der Waals surface area contributed by atoms with Crippen molar-refractivity contribution in [3.05, 3.63) is 0 Å². The van der Waals surface area contributed by atoms with Gasteiger partial charge < -0.3 is 10.5 Å². The first kappa shape index (κ1) is 18.7. The Labute approximate surface area is 126 Å². The minimum Gasteiger partial charge on any atom is -0.383 e. The summed E-state index contributed by atoms with van der Waals surface area (Å²) in [5, 5.41) is 0. The van der Waals surface area contributed by atoms with Gasteiger partial charge >= 0.3 is 6.18 Å². The fraction of sp³-hybridized carbons (Fsp3) is 1.00. The van der Waals surface area contributed by atoms with Crippen LogP contribution in [0.15, 0.2) is 0 Å². The molecule has 1 aliphatic carbocycles. The molecule has 0 heterocycles. The molecule has 1 unspecified atom stereocenters. The Hall–Kier alpha value is -0.330. The normalized spacial score (nSPS) is 28.9. The van der Waals surface area contributed by atoms with Crippen LogP contribution in [0.5, 0.6) is 0 Å². The second-order valence-electron chi connectivity index (χ2n) is 6.19. The van der Waals surface area contributed by atoms with Gasteiger partial charge in [-0.25, -0.2) is 0 Å². The molecule has 0 aromatic rings. The third-order valence-electron chi connectivity index (χ3n) is 5.03. The van der Waals surface area contributed by atoms with Crippen LogP contribution in [0.1, 0.15) is 46.0 Å². The molecule has 1 rings (SSSR count). The van der Waals surface area contributed by atoms with E-state index in [-0.39, 0.29) is 18.4 Å². The highest BCUT2D eigenvalue weighted by molar-refractivity contribution is 4.98. The summed E-state index contributed by atoms with van der Waals surface area (Å²) in [5.74, 6) is -1.17. The van der Waals surface area contributed by atoms with Crippen molar-refractivity contribution in [2.24, 2.45) is 11.7 Å². The van der Waals surface area contributed by atoms with E-state index < -0.39 is 12.1 Å². The zero-order valence-electron chi connectivity index (χ0n) is 13.4. The third kappa shape index (κ3) is 4.57. The number of alkyl halides is 3. The lowest BCUT2D eigenvalue weighted by atomic mass is 9.74. The highest BCUT2D eigenvalue weighted by atomic mass is 19.4. The number of methoxy groups -OCH3 is 1. The van der Waals surface area contributed by atoms with E-state index in [0.29, 0.717) is 32.0 Å². The molecule has 3 nitrogen and oxygen atoms in total. The van der Waals surface area contributed by atoms with E-state index in [1.54, 1.807) is 7.11 Å². The van der Waals surface area contributed by atoms with Gasteiger partial charge in [-0.15, -0.1) is 0 Å². The molecule has 6 heteroatoms. The van der Waals surface area contributed by atoms with E-state index in [2.05, 4.69) is 18.7 Å². The van der Waals surface area contributed by atoms with E-state index in [1.165, 1.54) is 0 Å². The van der Waals surface area contributed by atoms with Crippen molar-refractivity contribution in [3.63, 3.8) is 0 Å². The van der Waals surface area contributed by atoms with E-state index >= 15 is 0 Å². The third-order valence-corrected chi connectivity index (χ3v) is 5.03. The molecule has 0 radical (unpaired) electrons. The highest BCUT2D eigenvalue weighted by Gasteiger charge is 2.47. The molecule has 0 bridgehead atoms. The Bertz CT molecular complexity index is 302. The highest BCUT2D eigenvalue weighted by Crippen LogP contribution is 2.43. The summed E-state index contributed by atoms with van der Waals surface area (Å²) in [5.41, 5.74) is 5.68. The molecule has 0 aliphatic heterocycles. The Kier molecular flexibility index (Phi) is 6.94. The molecular weight excluding hydrogens is 281 g/mol. The SMILES string of the molecule is CCC(C)N(CCOC)C1(CN)CCC(C(F)(F)F)CC1. The predicted molar refractivity (Wildman–Crippen MR) is 78.1 cm³/mol. The average molecular weight is 310 g/mol. The maximum absolute atomic E-state index is 12.9. The van der Waals surface area contributed by atoms with E-state index in [4.69, 9.17) is 10.5 Å². The predicted octanol–water partition coefficient (Wildman–Crippen LogP) is 3.18. The number of nitrogens with two attached hydrogens (primary N) is 1. The van der Waals surface area contributed by atoms with Crippen LogP contribution in [0.2, 0.25) is 0 Å². The Balaban J connectivity index is 2.82. The van der Waals surface area contributed by atoms with Crippen molar-refractivity contribution < 1.29 is 17.9 Å². The number of hydrogen-bond acceptors (Lipinski definition) is 3. The van der Waals surface area contributed by atoms with Gasteiger partial charge in [0.25, 0.3) is 0 Å². The summed E-state index contributed by atoms with van der Waals surface area (Å²) >= 11 is 0. The van der Waals surface area contributed by atoms with Crippen LogP contribution in [0.3, 0.4) is 0 Å². The quantitative estimate of drug-likeness (QED) is 0.785. The minimum atomic E-state index is -4.07. The van der Waals surface area contributed by atoms with Gasteiger partial charge in [-0.2, -0.15) is 13.2 Å². The zero-order chi connectivity index (χ0) is 16.1. The number of halogens is 3. The van der Waals surface area contributed by atoms with Crippen molar-refractivity contribution in [1.29, 1.82) is 0 Å². The number of hydrogen-bond donors (Lipinski definition) is 1. The standard InChI is InChI=1S/C15H29F3N2O/c1-4-12(2)20(9-10-21-3)14(11-19)7-5-13(6-8-14)15(16,17)18/h12-13H,4-11,19H2,1-3H3. The molecule has 0 amide bonds. The van der Waals surface area contributed by atoms with Crippen molar-refractivity contribution in [2.45, 2.75) is 63.7 Å². The molecule has 0 aromatic carbocycles. The monoisotopic (exact) mass is 310 g/mol. The number of ether oxygens (including phenoxy) is 1. The van der Waals surface area contributed by atoms with Gasteiger partial charge in [0.1, 0.15) is 0 Å². The fourth-order valence-corrected chi connectivity index (χ4v) is 3.43. The van der Waals surface area contributed by atoms with E-state index in [0.717, 1.165) is 13.0 Å². The van der Waals surface area contributed by atoms with Crippen LogP contribution in [-0.4, -0.2) is 49.5 Å². The Morgan fingerprint density at radius 1 is 1.33 bits per heavy atom. The minimum absolute atomic E-state index is 0.181. The van der Waals surface area contributed by atoms with Crippen molar-refractivity contribution >= 4 is 0 Å². The fourth-order valence-electron chi connectivity index (χ4n) is 3.43. The molecule has 0 saturated heterocycles. The zero-order valence-corrected chi connectivity index (χ0v) is 13.4. The first-order valence-electron chi connectivity index (χ1n) is 7.83. The second kappa shape index (κ2) is 7.79. The molecule has 126 valence electrons. The largest absolute Gasteiger partial charge is 0.391 e. The number of rotatable bonds is 7. The summed E-state index contributed by atoms with van der Waals surface area (Å²) in [6, 6.07) is 0.297. The van der Waals surface area contributed by atoms with Crippen LogP contribution < -0.4 is 5.73 Å². The smallest absolute Gasteiger partial charge is 0.383 e. The topological polar surface area (TPSA) is 38.5 Å². The lowest BCUT2D eigenvalue weighted by Gasteiger charge is -2.50. The van der Waals surface area contributed by atoms with Gasteiger partial charge in [0.15, 0.2) is 0 Å². The molecule has 1 fully saturated rings. The van der Waals surface area contributed by atoms with Crippen LogP contribution in [0.4, 0.5) is 13.2 Å². The molecule has 1 atom stereocenters. The summed E-state index contributed by atoms with van der Waals surface area (Å²) in [6.45, 7) is 5.92. The summed E-state index contributed by atoms with van der Waals surface area (Å²) in [4.78, 5) is 2.28. The maximum Gasteiger partial charge on any atom is 0.391 e. The van der Waals surface area contributed by atoms with Crippen LogP contribution >= 0.6 is 0 Å². The lowest BCUT2D eigenvalue weighted by Crippen LogP contribution is -2.60. The summed E-state index contributed by atoms with van der Waals surface area (Å²) in [6.07, 6.45) is -1.73. The first-order chi connectivity index (χ1) is 9.80. The Morgan fingerprint density at radius 2 is 1.90 bits per heavy atom. The van der Waals surface area contributed by atoms with Crippen LogP contribution in [0.25, 0.3) is 0 Å². The average Bonchev–Trinajstić information content (AvgIpc) is 2.46. The summed E-state index contributed by atoms with van der Waals surface area (Å²) in [7, 11) is 1.64. The van der Waals surface area contributed by atoms with Crippen molar-refractivity contribution in [3.8, 4) is 0 Å². The van der Waals surface area contributed by atoms with Crippen LogP contribution in [-0.2, 0) is 4.74 Å². The van der Waals surface area contributed by atoms with Gasteiger partial charge in [-0.3, -0.25) is 4.90 Å². The van der Waals surface area contributed by atoms with Crippen LogP contribution in [0, 0.1) is 5.92 Å². The number of nitrogens with zero attached hydrogens (tertiary/aromatic N) is 1. The molecule has 21 heavy (non-hydrogen) atoms. The first-order valence-corrected chi connectivity index (χ1v) is 7.83. The Morgan fingerprint density at radius 3 is 2.29 bits per heavy atom. The molecule has 1 aliphatic rings.